The summed E-state index contributed by atoms with van der Waals surface area (Å²) in [6.07, 6.45) is 0. The first-order valence-electron chi connectivity index (χ1n) is 3.95. The average Bonchev–Trinajstić information content (AvgIpc) is 2.52. The Morgan fingerprint density at radius 1 is 1.40 bits per heavy atom. The molecule has 0 atom stereocenters. The molecule has 0 radical (unpaired) electrons. The van der Waals surface area contributed by atoms with E-state index >= 15 is 0 Å². The summed E-state index contributed by atoms with van der Waals surface area (Å²) in [6, 6.07) is 4.01. The number of benzene rings is 1. The lowest BCUT2D eigenvalue weighted by Crippen LogP contribution is -2.14. The van der Waals surface area contributed by atoms with Gasteiger partial charge in [-0.3, -0.25) is 5.10 Å². The van der Waals surface area contributed by atoms with Gasteiger partial charge in [0.2, 0.25) is 4.77 Å². The van der Waals surface area contributed by atoms with E-state index in [1.807, 2.05) is 0 Å². The number of hydrogen-bond acceptors (Lipinski definition) is 2. The Kier molecular flexibility index (Phi) is 2.45. The Hall–Kier alpha value is -1.40. The third-order valence-corrected chi connectivity index (χ3v) is 2.44. The molecule has 7 heteroatoms. The van der Waals surface area contributed by atoms with Gasteiger partial charge >= 0.3 is 5.69 Å². The van der Waals surface area contributed by atoms with Crippen molar-refractivity contribution in [3.63, 3.8) is 0 Å². The lowest BCUT2D eigenvalue weighted by Gasteiger charge is -2.00. The maximum Gasteiger partial charge on any atom is 0.347 e. The first-order valence-corrected chi connectivity index (χ1v) is 4.73. The molecule has 2 rings (SSSR count). The van der Waals surface area contributed by atoms with E-state index in [9.17, 15) is 9.18 Å². The van der Waals surface area contributed by atoms with Crippen molar-refractivity contribution in [2.75, 3.05) is 0 Å². The van der Waals surface area contributed by atoms with Crippen molar-refractivity contribution in [1.29, 1.82) is 0 Å². The summed E-state index contributed by atoms with van der Waals surface area (Å²) in [5.41, 5.74) is -0.133. The van der Waals surface area contributed by atoms with Crippen molar-refractivity contribution in [3.8, 4) is 5.69 Å². The van der Waals surface area contributed by atoms with Crippen LogP contribution in [0.5, 0.6) is 0 Å². The van der Waals surface area contributed by atoms with Crippen LogP contribution in [-0.4, -0.2) is 14.8 Å². The Bertz CT molecular complexity index is 587. The van der Waals surface area contributed by atoms with Crippen molar-refractivity contribution in [2.24, 2.45) is 0 Å². The van der Waals surface area contributed by atoms with E-state index in [0.717, 1.165) is 10.6 Å². The van der Waals surface area contributed by atoms with Crippen molar-refractivity contribution in [1.82, 2.24) is 14.8 Å². The molecule has 0 bridgehead atoms. The summed E-state index contributed by atoms with van der Waals surface area (Å²) in [4.78, 5) is 11.3. The maximum absolute atomic E-state index is 13.1. The van der Waals surface area contributed by atoms with Gasteiger partial charge in [0.25, 0.3) is 0 Å². The third kappa shape index (κ3) is 1.73. The maximum atomic E-state index is 13.1. The lowest BCUT2D eigenvalue weighted by molar-refractivity contribution is 0.626. The second kappa shape index (κ2) is 3.63. The quantitative estimate of drug-likeness (QED) is 0.756. The van der Waals surface area contributed by atoms with E-state index in [1.165, 1.54) is 12.1 Å². The highest BCUT2D eigenvalue weighted by Crippen LogP contribution is 2.17. The van der Waals surface area contributed by atoms with Crippen LogP contribution >= 0.6 is 23.8 Å². The van der Waals surface area contributed by atoms with Crippen molar-refractivity contribution >= 4 is 23.8 Å². The smallest absolute Gasteiger partial charge is 0.272 e. The van der Waals surface area contributed by atoms with Crippen LogP contribution in [0.3, 0.4) is 0 Å². The van der Waals surface area contributed by atoms with Gasteiger partial charge in [0, 0.05) is 0 Å². The van der Waals surface area contributed by atoms with Gasteiger partial charge in [-0.25, -0.2) is 18.9 Å². The highest BCUT2D eigenvalue weighted by Gasteiger charge is 2.06. The second-order valence-electron chi connectivity index (χ2n) is 2.79. The molecule has 1 aromatic heterocycles. The molecule has 4 nitrogen and oxygen atoms in total. The number of nitrogens with zero attached hydrogens (tertiary/aromatic N) is 1. The summed E-state index contributed by atoms with van der Waals surface area (Å²) in [5.74, 6) is -0.600. The first kappa shape index (κ1) is 10.1. The fourth-order valence-electron chi connectivity index (χ4n) is 1.17. The summed E-state index contributed by atoms with van der Waals surface area (Å²) in [6.45, 7) is 0. The minimum atomic E-state index is -0.600. The fraction of sp³-hybridized carbons (Fsp3) is 0. The predicted octanol–water partition coefficient (Wildman–Crippen LogP) is 2.02. The zero-order valence-electron chi connectivity index (χ0n) is 7.25. The van der Waals surface area contributed by atoms with Crippen LogP contribution in [0.1, 0.15) is 0 Å². The van der Waals surface area contributed by atoms with Gasteiger partial charge in [0.1, 0.15) is 5.82 Å². The van der Waals surface area contributed by atoms with Crippen molar-refractivity contribution in [3.05, 3.63) is 44.3 Å². The van der Waals surface area contributed by atoms with Crippen LogP contribution in [0.25, 0.3) is 5.69 Å². The molecule has 0 saturated heterocycles. The summed E-state index contributed by atoms with van der Waals surface area (Å²) in [5, 5.41) is 4.74. The number of aromatic amines is 2. The highest BCUT2D eigenvalue weighted by atomic mass is 35.5. The van der Waals surface area contributed by atoms with E-state index in [-0.39, 0.29) is 9.79 Å². The molecule has 0 fully saturated rings. The molecule has 0 saturated carbocycles. The average molecular weight is 246 g/mol. The Balaban J connectivity index is 2.70. The normalized spacial score (nSPS) is 10.5. The molecule has 1 aromatic carbocycles. The number of rotatable bonds is 1. The van der Waals surface area contributed by atoms with E-state index in [2.05, 4.69) is 10.2 Å². The Morgan fingerprint density at radius 2 is 2.13 bits per heavy atom. The Morgan fingerprint density at radius 3 is 2.67 bits per heavy atom. The van der Waals surface area contributed by atoms with E-state index in [4.69, 9.17) is 23.8 Å². The van der Waals surface area contributed by atoms with Crippen molar-refractivity contribution in [2.45, 2.75) is 0 Å². The minimum Gasteiger partial charge on any atom is -0.272 e. The van der Waals surface area contributed by atoms with E-state index in [0.29, 0.717) is 5.69 Å². The predicted molar refractivity (Wildman–Crippen MR) is 56.5 cm³/mol. The van der Waals surface area contributed by atoms with Gasteiger partial charge in [0.15, 0.2) is 0 Å². The third-order valence-electron chi connectivity index (χ3n) is 1.84. The second-order valence-corrected chi connectivity index (χ2v) is 3.59. The van der Waals surface area contributed by atoms with Crippen LogP contribution in [0.15, 0.2) is 23.0 Å². The van der Waals surface area contributed by atoms with Gasteiger partial charge in [-0.05, 0) is 30.4 Å². The van der Waals surface area contributed by atoms with Crippen LogP contribution < -0.4 is 5.69 Å². The monoisotopic (exact) mass is 245 g/mol. The summed E-state index contributed by atoms with van der Waals surface area (Å²) in [7, 11) is 0. The zero-order chi connectivity index (χ0) is 11.0. The molecule has 0 amide bonds. The number of H-pyrrole nitrogens is 2. The number of aromatic nitrogens is 3. The van der Waals surface area contributed by atoms with E-state index < -0.39 is 11.5 Å². The molecule has 2 aromatic rings. The van der Waals surface area contributed by atoms with Crippen molar-refractivity contribution < 1.29 is 4.39 Å². The van der Waals surface area contributed by atoms with Gasteiger partial charge in [-0.1, -0.05) is 11.6 Å². The molecule has 0 spiro atoms. The Labute approximate surface area is 93.3 Å². The molecular weight excluding hydrogens is 241 g/mol. The standard InChI is InChI=1S/C8H5ClFN3OS/c9-5-2-1-4(3-6(5)10)13-7(14)11-12-8(13)15/h1-3H,(H,11,14)(H,12,15). The molecular formula is C8H5ClFN3OS. The molecule has 15 heavy (non-hydrogen) atoms. The summed E-state index contributed by atoms with van der Waals surface area (Å²) < 4.78 is 14.4. The van der Waals surface area contributed by atoms with Crippen LogP contribution in [0, 0.1) is 10.6 Å². The minimum absolute atomic E-state index is 0.00256. The lowest BCUT2D eigenvalue weighted by atomic mass is 10.3. The van der Waals surface area contributed by atoms with Crippen LogP contribution in [0.2, 0.25) is 5.02 Å². The molecule has 1 heterocycles. The van der Waals surface area contributed by atoms with Crippen LogP contribution in [-0.2, 0) is 0 Å². The number of hydrogen-bond donors (Lipinski definition) is 2. The van der Waals surface area contributed by atoms with Gasteiger partial charge in [0.05, 0.1) is 10.7 Å². The largest absolute Gasteiger partial charge is 0.347 e. The number of halogens is 2. The molecule has 0 unspecified atom stereocenters. The molecule has 78 valence electrons. The van der Waals surface area contributed by atoms with Gasteiger partial charge in [-0.2, -0.15) is 0 Å². The molecule has 0 aliphatic rings. The molecule has 0 aliphatic carbocycles. The first-order chi connectivity index (χ1) is 7.09. The topological polar surface area (TPSA) is 53.6 Å². The van der Waals surface area contributed by atoms with Crippen LogP contribution in [0.4, 0.5) is 4.39 Å². The van der Waals surface area contributed by atoms with E-state index in [1.54, 1.807) is 0 Å². The zero-order valence-corrected chi connectivity index (χ0v) is 8.82. The SMILES string of the molecule is O=c1[nH][nH]c(=S)n1-c1ccc(Cl)c(F)c1. The highest BCUT2D eigenvalue weighted by molar-refractivity contribution is 7.71. The molecule has 2 N–H and O–H groups in total. The van der Waals surface area contributed by atoms with Gasteiger partial charge < -0.3 is 0 Å². The molecule has 0 aliphatic heterocycles. The summed E-state index contributed by atoms with van der Waals surface area (Å²) >= 11 is 10.4. The van der Waals surface area contributed by atoms with Gasteiger partial charge in [-0.15, -0.1) is 0 Å². The number of nitrogens with one attached hydrogen (secondary N) is 2. The fourth-order valence-corrected chi connectivity index (χ4v) is 1.53.